The maximum absolute atomic E-state index is 13.8. The molecule has 0 spiro atoms. The first-order valence-electron chi connectivity index (χ1n) is 15.0. The molecular weight excluding hydrogens is 636 g/mol. The molecule has 11 nitrogen and oxygen atoms in total. The maximum atomic E-state index is 13.8. The molecule has 254 valence electrons. The van der Waals surface area contributed by atoms with Gasteiger partial charge in [0.15, 0.2) is 6.23 Å². The van der Waals surface area contributed by atoms with Crippen molar-refractivity contribution in [3.05, 3.63) is 59.7 Å². The molecule has 2 amide bonds. The highest BCUT2D eigenvalue weighted by Gasteiger charge is 2.43. The van der Waals surface area contributed by atoms with E-state index in [9.17, 15) is 41.0 Å². The van der Waals surface area contributed by atoms with Gasteiger partial charge in [0.2, 0.25) is 5.95 Å². The van der Waals surface area contributed by atoms with Crippen molar-refractivity contribution in [2.24, 2.45) is 7.05 Å². The van der Waals surface area contributed by atoms with Crippen molar-refractivity contribution >= 4 is 18.1 Å². The second-order valence-corrected chi connectivity index (χ2v) is 11.6. The topological polar surface area (TPSA) is 117 Å². The number of alkyl halides is 6. The standard InChI is InChI=1S/C30H33F6N7O4/c1-3-23-11-24(17-43(23)27(44)41-7-5-4-6-25(41)47-28(45)46)42(26-37-12-19(13-38-26)20-14-39-40(2)16-20)15-18-8-21(29(31,32)33)10-22(9-18)30(34,35)36/h8-10,12-14,16,23-25H,3-7,11,15,17H2,1-2H3,(H,45,46)/t23-,24+,25+/m1/s1. The van der Waals surface area contributed by atoms with Gasteiger partial charge in [-0.15, -0.1) is 0 Å². The Labute approximate surface area is 265 Å². The number of urea groups is 1. The quantitative estimate of drug-likeness (QED) is 0.227. The predicted molar refractivity (Wildman–Crippen MR) is 155 cm³/mol. The lowest BCUT2D eigenvalue weighted by Gasteiger charge is -2.38. The molecule has 0 bridgehead atoms. The number of rotatable bonds is 7. The van der Waals surface area contributed by atoms with Crippen LogP contribution in [0.4, 0.5) is 41.9 Å². The Morgan fingerprint density at radius 2 is 1.64 bits per heavy atom. The number of anilines is 1. The smallest absolute Gasteiger partial charge is 0.450 e. The molecule has 4 heterocycles. The fourth-order valence-corrected chi connectivity index (χ4v) is 6.12. The zero-order valence-corrected chi connectivity index (χ0v) is 25.5. The Hall–Kier alpha value is -4.57. The van der Waals surface area contributed by atoms with Crippen molar-refractivity contribution in [2.75, 3.05) is 18.0 Å². The summed E-state index contributed by atoms with van der Waals surface area (Å²) in [5.74, 6) is 0.0443. The summed E-state index contributed by atoms with van der Waals surface area (Å²) in [4.78, 5) is 38.4. The van der Waals surface area contributed by atoms with Gasteiger partial charge in [-0.1, -0.05) is 6.92 Å². The molecule has 2 aliphatic heterocycles. The molecule has 3 aromatic rings. The third-order valence-electron chi connectivity index (χ3n) is 8.41. The van der Waals surface area contributed by atoms with E-state index >= 15 is 0 Å². The molecule has 1 N–H and O–H groups in total. The zero-order chi connectivity index (χ0) is 34.1. The number of amides is 2. The average molecular weight is 670 g/mol. The van der Waals surface area contributed by atoms with Gasteiger partial charge in [0, 0.05) is 68.9 Å². The lowest BCUT2D eigenvalue weighted by molar-refractivity contribution is -0.143. The first kappa shape index (κ1) is 33.8. The number of piperidine rings is 1. The van der Waals surface area contributed by atoms with E-state index in [4.69, 9.17) is 4.74 Å². The SMILES string of the molecule is CC[C@@H]1C[C@H](N(Cc2cc(C(F)(F)F)cc(C(F)(F)F)c2)c2ncc(-c3cnn(C)c3)cn2)CN1C(=O)N1CCCC[C@@H]1OC(=O)O. The van der Waals surface area contributed by atoms with Crippen LogP contribution in [-0.2, 0) is 30.7 Å². The van der Waals surface area contributed by atoms with Gasteiger partial charge in [-0.3, -0.25) is 9.58 Å². The van der Waals surface area contributed by atoms with E-state index in [-0.39, 0.29) is 36.7 Å². The number of benzene rings is 1. The largest absolute Gasteiger partial charge is 0.507 e. The zero-order valence-electron chi connectivity index (χ0n) is 25.5. The molecule has 2 aromatic heterocycles. The van der Waals surface area contributed by atoms with Crippen LogP contribution in [0.1, 0.15) is 55.7 Å². The van der Waals surface area contributed by atoms with Crippen molar-refractivity contribution in [2.45, 2.75) is 76.2 Å². The van der Waals surface area contributed by atoms with Crippen LogP contribution < -0.4 is 4.90 Å². The number of ether oxygens (including phenoxy) is 1. The van der Waals surface area contributed by atoms with Crippen LogP contribution in [0.3, 0.4) is 0 Å². The van der Waals surface area contributed by atoms with E-state index in [1.165, 1.54) is 22.2 Å². The fourth-order valence-electron chi connectivity index (χ4n) is 6.12. The first-order chi connectivity index (χ1) is 22.1. The molecule has 1 aromatic carbocycles. The average Bonchev–Trinajstić information content (AvgIpc) is 3.65. The number of hydrogen-bond donors (Lipinski definition) is 1. The number of aryl methyl sites for hydroxylation is 1. The Balaban J connectivity index is 1.50. The summed E-state index contributed by atoms with van der Waals surface area (Å²) in [6, 6.07) is -0.0300. The van der Waals surface area contributed by atoms with E-state index in [1.807, 2.05) is 6.92 Å². The number of hydrogen-bond acceptors (Lipinski definition) is 7. The normalized spacial score (nSPS) is 20.4. The molecule has 17 heteroatoms. The summed E-state index contributed by atoms with van der Waals surface area (Å²) in [5, 5.41) is 13.3. The minimum atomic E-state index is -5.03. The van der Waals surface area contributed by atoms with Gasteiger partial charge < -0.3 is 19.6 Å². The monoisotopic (exact) mass is 669 g/mol. The number of aromatic nitrogens is 4. The minimum Gasteiger partial charge on any atom is -0.450 e. The predicted octanol–water partition coefficient (Wildman–Crippen LogP) is 6.40. The molecule has 2 fully saturated rings. The third kappa shape index (κ3) is 7.71. The molecular formula is C30H33F6N7O4. The number of halogens is 6. The van der Waals surface area contributed by atoms with Crippen LogP contribution in [0, 0.1) is 0 Å². The van der Waals surface area contributed by atoms with Crippen molar-refractivity contribution in [1.82, 2.24) is 29.5 Å². The molecule has 2 saturated heterocycles. The molecule has 2 aliphatic rings. The highest BCUT2D eigenvalue weighted by molar-refractivity contribution is 5.76. The molecule has 0 saturated carbocycles. The molecule has 3 atom stereocenters. The van der Waals surface area contributed by atoms with Gasteiger partial charge >= 0.3 is 24.5 Å². The van der Waals surface area contributed by atoms with E-state index < -0.39 is 54.5 Å². The minimum absolute atomic E-state index is 0.0342. The number of carbonyl (C=O) groups is 2. The van der Waals surface area contributed by atoms with Crippen LogP contribution in [-0.4, -0.2) is 78.2 Å². The highest BCUT2D eigenvalue weighted by Crippen LogP contribution is 2.38. The van der Waals surface area contributed by atoms with Crippen LogP contribution in [0.5, 0.6) is 0 Å². The van der Waals surface area contributed by atoms with Crippen LogP contribution in [0.25, 0.3) is 11.1 Å². The Kier molecular flexibility index (Phi) is 9.54. The summed E-state index contributed by atoms with van der Waals surface area (Å²) in [6.45, 7) is 1.73. The summed E-state index contributed by atoms with van der Waals surface area (Å²) in [5.41, 5.74) is -1.87. The second kappa shape index (κ2) is 13.3. The Morgan fingerprint density at radius 1 is 0.979 bits per heavy atom. The molecule has 5 rings (SSSR count). The molecule has 0 unspecified atom stereocenters. The second-order valence-electron chi connectivity index (χ2n) is 11.6. The van der Waals surface area contributed by atoms with Crippen LogP contribution >= 0.6 is 0 Å². The van der Waals surface area contributed by atoms with Gasteiger partial charge in [0.1, 0.15) is 0 Å². The fraction of sp³-hybridized carbons (Fsp3) is 0.500. The number of carboxylic acid groups (broad SMARTS) is 1. The van der Waals surface area contributed by atoms with E-state index in [2.05, 4.69) is 15.1 Å². The van der Waals surface area contributed by atoms with Crippen molar-refractivity contribution in [3.8, 4) is 11.1 Å². The van der Waals surface area contributed by atoms with E-state index in [0.29, 0.717) is 55.4 Å². The van der Waals surface area contributed by atoms with E-state index in [1.54, 1.807) is 29.0 Å². The van der Waals surface area contributed by atoms with Gasteiger partial charge in [0.05, 0.1) is 23.4 Å². The molecule has 47 heavy (non-hydrogen) atoms. The van der Waals surface area contributed by atoms with Gasteiger partial charge in [-0.05, 0) is 49.4 Å². The number of nitrogens with zero attached hydrogens (tertiary/aromatic N) is 7. The first-order valence-corrected chi connectivity index (χ1v) is 15.0. The summed E-state index contributed by atoms with van der Waals surface area (Å²) < 4.78 is 88.9. The van der Waals surface area contributed by atoms with Crippen molar-refractivity contribution in [1.29, 1.82) is 0 Å². The lowest BCUT2D eigenvalue weighted by atomic mass is 10.0. The number of likely N-dealkylation sites (tertiary alicyclic amines) is 2. The maximum Gasteiger partial charge on any atom is 0.507 e. The van der Waals surface area contributed by atoms with Gasteiger partial charge in [0.25, 0.3) is 0 Å². The van der Waals surface area contributed by atoms with Crippen LogP contribution in [0.2, 0.25) is 0 Å². The summed E-state index contributed by atoms with van der Waals surface area (Å²) >= 11 is 0. The van der Waals surface area contributed by atoms with Crippen LogP contribution in [0.15, 0.2) is 43.0 Å². The summed E-state index contributed by atoms with van der Waals surface area (Å²) in [7, 11) is 1.72. The van der Waals surface area contributed by atoms with Gasteiger partial charge in [-0.25, -0.2) is 19.6 Å². The Morgan fingerprint density at radius 3 is 2.19 bits per heavy atom. The number of carbonyl (C=O) groups excluding carboxylic acids is 1. The van der Waals surface area contributed by atoms with Crippen molar-refractivity contribution < 1.29 is 45.8 Å². The lowest BCUT2D eigenvalue weighted by Crippen LogP contribution is -2.53. The third-order valence-corrected chi connectivity index (χ3v) is 8.41. The van der Waals surface area contributed by atoms with Gasteiger partial charge in [-0.2, -0.15) is 31.4 Å². The Bertz CT molecular complexity index is 1550. The highest BCUT2D eigenvalue weighted by atomic mass is 19.4. The van der Waals surface area contributed by atoms with Crippen molar-refractivity contribution in [3.63, 3.8) is 0 Å². The van der Waals surface area contributed by atoms with E-state index in [0.717, 1.165) is 0 Å². The molecule has 0 radical (unpaired) electrons. The molecule has 0 aliphatic carbocycles. The summed E-state index contributed by atoms with van der Waals surface area (Å²) in [6.07, 6.45) is -3.86.